The molecule has 1 unspecified atom stereocenters. The number of rotatable bonds is 4. The van der Waals surface area contributed by atoms with Gasteiger partial charge in [-0.1, -0.05) is 30.2 Å². The first-order chi connectivity index (χ1) is 9.41. The van der Waals surface area contributed by atoms with Crippen LogP contribution in [0.4, 0.5) is 0 Å². The van der Waals surface area contributed by atoms with E-state index in [9.17, 15) is 0 Å². The fourth-order valence-corrected chi connectivity index (χ4v) is 3.32. The summed E-state index contributed by atoms with van der Waals surface area (Å²) in [7, 11) is 0. The Bertz CT molecular complexity index is 450. The summed E-state index contributed by atoms with van der Waals surface area (Å²) in [6.07, 6.45) is 4.77. The van der Waals surface area contributed by atoms with Crippen LogP contribution in [-0.4, -0.2) is 29.6 Å². The summed E-state index contributed by atoms with van der Waals surface area (Å²) in [6, 6.07) is 6.35. The van der Waals surface area contributed by atoms with Gasteiger partial charge < -0.3 is 5.73 Å². The predicted octanol–water partition coefficient (Wildman–Crippen LogP) is 3.78. The maximum absolute atomic E-state index is 6.52. The van der Waals surface area contributed by atoms with E-state index in [4.69, 9.17) is 17.3 Å². The Morgan fingerprint density at radius 2 is 1.90 bits per heavy atom. The minimum absolute atomic E-state index is 0.0225. The Balaban J connectivity index is 2.07. The average molecular weight is 295 g/mol. The number of likely N-dealkylation sites (tertiary alicyclic amines) is 1. The van der Waals surface area contributed by atoms with Crippen molar-refractivity contribution < 1.29 is 0 Å². The van der Waals surface area contributed by atoms with Crippen molar-refractivity contribution in [1.29, 1.82) is 0 Å². The zero-order valence-corrected chi connectivity index (χ0v) is 13.7. The normalized spacial score (nSPS) is 19.1. The Morgan fingerprint density at radius 3 is 2.50 bits per heavy atom. The molecule has 1 aliphatic heterocycles. The SMILES string of the molecule is Cc1ccc(CC(N)C(C)(C)N2CCCCC2)c(Cl)c1. The van der Waals surface area contributed by atoms with Crippen molar-refractivity contribution in [2.24, 2.45) is 5.73 Å². The fraction of sp³-hybridized carbons (Fsp3) is 0.647. The van der Waals surface area contributed by atoms with Gasteiger partial charge in [-0.05, 0) is 70.3 Å². The third-order valence-electron chi connectivity index (χ3n) is 4.73. The third kappa shape index (κ3) is 3.55. The first kappa shape index (κ1) is 15.8. The molecule has 1 heterocycles. The van der Waals surface area contributed by atoms with E-state index in [0.29, 0.717) is 0 Å². The highest BCUT2D eigenvalue weighted by Crippen LogP contribution is 2.27. The van der Waals surface area contributed by atoms with E-state index < -0.39 is 0 Å². The molecule has 0 aliphatic carbocycles. The molecular weight excluding hydrogens is 268 g/mol. The molecule has 1 aromatic carbocycles. The molecule has 1 fully saturated rings. The zero-order valence-electron chi connectivity index (χ0n) is 13.0. The van der Waals surface area contributed by atoms with Gasteiger partial charge in [0.1, 0.15) is 0 Å². The number of benzene rings is 1. The lowest BCUT2D eigenvalue weighted by Crippen LogP contribution is -2.58. The van der Waals surface area contributed by atoms with Gasteiger partial charge in [0.05, 0.1) is 0 Å². The molecule has 0 aromatic heterocycles. The Morgan fingerprint density at radius 1 is 1.25 bits per heavy atom. The number of halogens is 1. The Kier molecular flexibility index (Phi) is 5.11. The molecule has 112 valence electrons. The van der Waals surface area contributed by atoms with Crippen molar-refractivity contribution in [2.45, 2.75) is 58.0 Å². The van der Waals surface area contributed by atoms with Crippen LogP contribution in [0.3, 0.4) is 0 Å². The van der Waals surface area contributed by atoms with E-state index >= 15 is 0 Å². The van der Waals surface area contributed by atoms with Gasteiger partial charge in [0, 0.05) is 16.6 Å². The van der Waals surface area contributed by atoms with Gasteiger partial charge in [-0.25, -0.2) is 0 Å². The van der Waals surface area contributed by atoms with Crippen molar-refractivity contribution in [1.82, 2.24) is 4.90 Å². The van der Waals surface area contributed by atoms with Crippen LogP contribution in [0.15, 0.2) is 18.2 Å². The highest BCUT2D eigenvalue weighted by molar-refractivity contribution is 6.31. The van der Waals surface area contributed by atoms with E-state index in [1.165, 1.54) is 37.9 Å². The number of nitrogens with two attached hydrogens (primary N) is 1. The van der Waals surface area contributed by atoms with Gasteiger partial charge in [0.15, 0.2) is 0 Å². The molecule has 2 N–H and O–H groups in total. The van der Waals surface area contributed by atoms with Crippen molar-refractivity contribution in [2.75, 3.05) is 13.1 Å². The average Bonchev–Trinajstić information content (AvgIpc) is 2.42. The molecule has 0 amide bonds. The quantitative estimate of drug-likeness (QED) is 0.915. The van der Waals surface area contributed by atoms with Crippen LogP contribution in [0, 0.1) is 6.92 Å². The van der Waals surface area contributed by atoms with E-state index in [1.54, 1.807) is 0 Å². The van der Waals surface area contributed by atoms with Crippen molar-refractivity contribution in [3.8, 4) is 0 Å². The van der Waals surface area contributed by atoms with Crippen molar-refractivity contribution in [3.63, 3.8) is 0 Å². The summed E-state index contributed by atoms with van der Waals surface area (Å²) in [4.78, 5) is 2.54. The Hall–Kier alpha value is -0.570. The molecule has 1 atom stereocenters. The second kappa shape index (κ2) is 6.46. The number of hydrogen-bond donors (Lipinski definition) is 1. The monoisotopic (exact) mass is 294 g/mol. The molecule has 0 saturated carbocycles. The molecule has 2 nitrogen and oxygen atoms in total. The smallest absolute Gasteiger partial charge is 0.0441 e. The lowest BCUT2D eigenvalue weighted by Gasteiger charge is -2.44. The molecule has 1 aromatic rings. The standard InChI is InChI=1S/C17H27ClN2/c1-13-7-8-14(15(18)11-13)12-16(19)17(2,3)20-9-5-4-6-10-20/h7-8,11,16H,4-6,9-10,12,19H2,1-3H3. The van der Waals surface area contributed by atoms with Crippen LogP contribution in [0.2, 0.25) is 5.02 Å². The summed E-state index contributed by atoms with van der Waals surface area (Å²) in [5.41, 5.74) is 8.90. The summed E-state index contributed by atoms with van der Waals surface area (Å²) >= 11 is 6.34. The number of aryl methyl sites for hydroxylation is 1. The molecule has 20 heavy (non-hydrogen) atoms. The fourth-order valence-electron chi connectivity index (χ4n) is 3.01. The second-order valence-corrected chi connectivity index (χ2v) is 7.01. The molecule has 1 saturated heterocycles. The molecule has 0 bridgehead atoms. The largest absolute Gasteiger partial charge is 0.326 e. The first-order valence-corrected chi connectivity index (χ1v) is 8.04. The summed E-state index contributed by atoms with van der Waals surface area (Å²) in [5.74, 6) is 0. The third-order valence-corrected chi connectivity index (χ3v) is 5.08. The maximum atomic E-state index is 6.52. The lowest BCUT2D eigenvalue weighted by molar-refractivity contribution is 0.0731. The van der Waals surface area contributed by atoms with Gasteiger partial charge in [0.2, 0.25) is 0 Å². The maximum Gasteiger partial charge on any atom is 0.0441 e. The van der Waals surface area contributed by atoms with Crippen LogP contribution in [0.5, 0.6) is 0 Å². The highest BCUT2D eigenvalue weighted by atomic mass is 35.5. The summed E-state index contributed by atoms with van der Waals surface area (Å²) < 4.78 is 0. The van der Waals surface area contributed by atoms with Gasteiger partial charge in [-0.3, -0.25) is 4.90 Å². The molecule has 1 aliphatic rings. The van der Waals surface area contributed by atoms with Gasteiger partial charge >= 0.3 is 0 Å². The van der Waals surface area contributed by atoms with Gasteiger partial charge in [0.25, 0.3) is 0 Å². The number of piperidine rings is 1. The van der Waals surface area contributed by atoms with E-state index in [1.807, 2.05) is 6.07 Å². The molecule has 2 rings (SSSR count). The number of hydrogen-bond acceptors (Lipinski definition) is 2. The zero-order chi connectivity index (χ0) is 14.8. The topological polar surface area (TPSA) is 29.3 Å². The van der Waals surface area contributed by atoms with Gasteiger partial charge in [-0.2, -0.15) is 0 Å². The summed E-state index contributed by atoms with van der Waals surface area (Å²) in [6.45, 7) is 8.94. The molecular formula is C17H27ClN2. The second-order valence-electron chi connectivity index (χ2n) is 6.61. The van der Waals surface area contributed by atoms with Crippen LogP contribution in [0.1, 0.15) is 44.2 Å². The van der Waals surface area contributed by atoms with Crippen LogP contribution >= 0.6 is 11.6 Å². The molecule has 0 radical (unpaired) electrons. The predicted molar refractivity (Wildman–Crippen MR) is 87.4 cm³/mol. The molecule has 3 heteroatoms. The summed E-state index contributed by atoms with van der Waals surface area (Å²) in [5, 5.41) is 0.842. The Labute approximate surface area is 128 Å². The van der Waals surface area contributed by atoms with Crippen LogP contribution in [-0.2, 0) is 6.42 Å². The first-order valence-electron chi connectivity index (χ1n) is 7.67. The van der Waals surface area contributed by atoms with Crippen molar-refractivity contribution >= 4 is 11.6 Å². The minimum Gasteiger partial charge on any atom is -0.326 e. The van der Waals surface area contributed by atoms with Gasteiger partial charge in [-0.15, -0.1) is 0 Å². The van der Waals surface area contributed by atoms with E-state index in [2.05, 4.69) is 37.8 Å². The highest BCUT2D eigenvalue weighted by Gasteiger charge is 2.33. The number of nitrogens with zero attached hydrogens (tertiary/aromatic N) is 1. The molecule has 0 spiro atoms. The van der Waals surface area contributed by atoms with Crippen molar-refractivity contribution in [3.05, 3.63) is 34.3 Å². The van der Waals surface area contributed by atoms with Crippen LogP contribution < -0.4 is 5.73 Å². The van der Waals surface area contributed by atoms with E-state index in [-0.39, 0.29) is 11.6 Å². The lowest BCUT2D eigenvalue weighted by atomic mass is 9.86. The minimum atomic E-state index is 0.0225. The van der Waals surface area contributed by atoms with E-state index in [0.717, 1.165) is 17.0 Å². The van der Waals surface area contributed by atoms with Crippen LogP contribution in [0.25, 0.3) is 0 Å².